The smallest absolute Gasteiger partial charge is 0.316 e. The molecule has 6 rings (SSSR count). The van der Waals surface area contributed by atoms with Crippen molar-refractivity contribution in [3.63, 3.8) is 0 Å². The Morgan fingerprint density at radius 2 is 1.78 bits per heavy atom. The predicted molar refractivity (Wildman–Crippen MR) is 216 cm³/mol. The molecule has 2 N–H and O–H groups in total. The number of carbonyl (C=O) groups is 2. The molecule has 0 aromatic carbocycles. The number of rotatable bonds is 8. The largest absolute Gasteiger partial charge is 0.462 e. The Morgan fingerprint density at radius 1 is 1.02 bits per heavy atom. The minimum absolute atomic E-state index is 0.0337. The van der Waals surface area contributed by atoms with E-state index in [9.17, 15) is 19.8 Å². The van der Waals surface area contributed by atoms with Crippen LogP contribution in [0.5, 0.6) is 0 Å². The second-order valence-electron chi connectivity index (χ2n) is 17.8. The van der Waals surface area contributed by atoms with E-state index < -0.39 is 72.3 Å². The summed E-state index contributed by atoms with van der Waals surface area (Å²) in [6.45, 7) is 18.0. The van der Waals surface area contributed by atoms with Gasteiger partial charge in [-0.2, -0.15) is 0 Å². The van der Waals surface area contributed by atoms with Crippen LogP contribution in [0.1, 0.15) is 101 Å². The van der Waals surface area contributed by atoms with Crippen LogP contribution in [0.3, 0.4) is 0 Å². The lowest BCUT2D eigenvalue weighted by Crippen LogP contribution is -2.58. The zero-order chi connectivity index (χ0) is 42.1. The summed E-state index contributed by atoms with van der Waals surface area (Å²) in [5.74, 6) is -3.06. The molecule has 12 heteroatoms. The number of allylic oxidation sites excluding steroid dienone is 2. The van der Waals surface area contributed by atoms with Crippen LogP contribution < -0.4 is 0 Å². The molecule has 0 saturated carbocycles. The van der Waals surface area contributed by atoms with Gasteiger partial charge in [0.05, 0.1) is 36.9 Å². The van der Waals surface area contributed by atoms with Crippen LogP contribution in [0.15, 0.2) is 59.3 Å². The van der Waals surface area contributed by atoms with Gasteiger partial charge in [0.2, 0.25) is 0 Å². The van der Waals surface area contributed by atoms with Crippen molar-refractivity contribution in [1.29, 1.82) is 0 Å². The van der Waals surface area contributed by atoms with E-state index in [4.69, 9.17) is 37.9 Å². The van der Waals surface area contributed by atoms with Crippen molar-refractivity contribution in [3.8, 4) is 0 Å². The van der Waals surface area contributed by atoms with Gasteiger partial charge in [-0.05, 0) is 62.3 Å². The SMILES string of the molecule is CCC(C)C(=O)O[C@H]1[C@H](C)OC(O[C@@H]2/C(C)=C/C[C@@H]3C[C@@H](CC4(C=C[C@H](C)[C@@H](C(C)CC)O4)O3)OC(=O)C3C=C(C)[C@@H](O)[C@H]4OC/C(=C\C=C\[C@@H]2C)[C@@]34O)C[C@@H]1OC. The molecule has 12 nitrogen and oxygen atoms in total. The van der Waals surface area contributed by atoms with Gasteiger partial charge in [0.15, 0.2) is 18.2 Å². The van der Waals surface area contributed by atoms with Crippen molar-refractivity contribution in [2.24, 2.45) is 29.6 Å². The second-order valence-corrected chi connectivity index (χ2v) is 17.8. The fraction of sp³-hybridized carbons (Fsp3) is 0.739. The summed E-state index contributed by atoms with van der Waals surface area (Å²) in [5.41, 5.74) is 0.133. The summed E-state index contributed by atoms with van der Waals surface area (Å²) in [6, 6.07) is 0. The van der Waals surface area contributed by atoms with Crippen molar-refractivity contribution in [2.75, 3.05) is 13.7 Å². The van der Waals surface area contributed by atoms with Crippen molar-refractivity contribution in [1.82, 2.24) is 0 Å². The van der Waals surface area contributed by atoms with Crippen LogP contribution in [-0.2, 0) is 47.5 Å². The number of aliphatic hydroxyl groups is 2. The summed E-state index contributed by atoms with van der Waals surface area (Å²) in [6.07, 6.45) is 10.8. The summed E-state index contributed by atoms with van der Waals surface area (Å²) < 4.78 is 51.1. The maximum absolute atomic E-state index is 14.3. The average Bonchev–Trinajstić information content (AvgIpc) is 3.54. The Bertz CT molecular complexity index is 1630. The number of methoxy groups -OCH3 is 1. The molecule has 3 fully saturated rings. The molecule has 3 saturated heterocycles. The van der Waals surface area contributed by atoms with E-state index in [2.05, 4.69) is 39.8 Å². The molecule has 5 aliphatic heterocycles. The van der Waals surface area contributed by atoms with Gasteiger partial charge < -0.3 is 48.1 Å². The zero-order valence-corrected chi connectivity index (χ0v) is 36.1. The third-order valence-corrected chi connectivity index (χ3v) is 13.5. The molecule has 0 radical (unpaired) electrons. The van der Waals surface area contributed by atoms with Crippen LogP contribution in [0.2, 0.25) is 0 Å². The summed E-state index contributed by atoms with van der Waals surface area (Å²) in [7, 11) is 1.61. The number of carbonyl (C=O) groups excluding carboxylic acids is 2. The minimum atomic E-state index is -1.83. The van der Waals surface area contributed by atoms with Crippen LogP contribution in [0.4, 0.5) is 0 Å². The van der Waals surface area contributed by atoms with Gasteiger partial charge in [-0.15, -0.1) is 0 Å². The van der Waals surface area contributed by atoms with Gasteiger partial charge in [0.25, 0.3) is 0 Å². The van der Waals surface area contributed by atoms with E-state index in [0.717, 1.165) is 12.0 Å². The van der Waals surface area contributed by atoms with E-state index in [1.165, 1.54) is 0 Å². The topological polar surface area (TPSA) is 148 Å². The first-order valence-corrected chi connectivity index (χ1v) is 21.6. The Hall–Kier alpha value is -2.68. The standard InChI is InChI=1S/C46H68O12/c1-11-25(3)40-29(7)18-19-45(58-40)23-34-21-33(57-45)17-16-28(6)39(55-37-22-36(51-10)41(31(9)53-37)56-43(48)26(4)12-2)27(5)14-13-15-32-24-52-42-38(47)30(8)20-35(44(49)54-34)46(32,42)50/h13-16,18-20,25-27,29,31,33-42,47,50H,11-12,17,21-24H2,1-10H3/b14-13+,28-16+,32-15+/t25?,26?,27-,29-,31-,33+,34-,35?,36-,37?,38+,39-,40+,41-,42+,45?,46+/m0/s1. The number of hydrogen-bond donors (Lipinski definition) is 2. The lowest BCUT2D eigenvalue weighted by atomic mass is 9.71. The van der Waals surface area contributed by atoms with Crippen molar-refractivity contribution < 1.29 is 57.7 Å². The van der Waals surface area contributed by atoms with E-state index >= 15 is 0 Å². The molecule has 2 bridgehead atoms. The Balaban J connectivity index is 1.34. The van der Waals surface area contributed by atoms with E-state index in [1.807, 2.05) is 45.9 Å². The highest BCUT2D eigenvalue weighted by atomic mass is 16.7. The Morgan fingerprint density at radius 3 is 2.48 bits per heavy atom. The maximum atomic E-state index is 14.3. The molecule has 0 aromatic rings. The van der Waals surface area contributed by atoms with Crippen LogP contribution in [0.25, 0.3) is 0 Å². The quantitative estimate of drug-likeness (QED) is 0.205. The highest BCUT2D eigenvalue weighted by Gasteiger charge is 2.60. The normalized spacial score (nSPS) is 45.4. The molecule has 0 amide bonds. The van der Waals surface area contributed by atoms with Crippen molar-refractivity contribution >= 4 is 11.9 Å². The number of esters is 2. The molecular weight excluding hydrogens is 744 g/mol. The fourth-order valence-electron chi connectivity index (χ4n) is 9.44. The molecule has 1 aliphatic carbocycles. The molecule has 17 atom stereocenters. The third kappa shape index (κ3) is 9.15. The summed E-state index contributed by atoms with van der Waals surface area (Å²) in [4.78, 5) is 27.1. The molecule has 5 unspecified atom stereocenters. The van der Waals surface area contributed by atoms with Crippen molar-refractivity contribution in [3.05, 3.63) is 59.3 Å². The first-order chi connectivity index (χ1) is 27.5. The first kappa shape index (κ1) is 44.9. The van der Waals surface area contributed by atoms with Gasteiger partial charge in [-0.25, -0.2) is 0 Å². The molecule has 58 heavy (non-hydrogen) atoms. The van der Waals surface area contributed by atoms with Gasteiger partial charge in [0, 0.05) is 38.2 Å². The number of fused-ring (bicyclic) bond motifs is 2. The highest BCUT2D eigenvalue weighted by Crippen LogP contribution is 2.47. The number of ether oxygens (including phenoxy) is 8. The minimum Gasteiger partial charge on any atom is -0.462 e. The van der Waals surface area contributed by atoms with E-state index in [0.29, 0.717) is 43.3 Å². The average molecular weight is 813 g/mol. The molecule has 324 valence electrons. The van der Waals surface area contributed by atoms with E-state index in [-0.39, 0.29) is 48.5 Å². The predicted octanol–water partition coefficient (Wildman–Crippen LogP) is 6.44. The highest BCUT2D eigenvalue weighted by molar-refractivity contribution is 5.78. The van der Waals surface area contributed by atoms with Crippen LogP contribution in [-0.4, -0.2) is 108 Å². The van der Waals surface area contributed by atoms with Gasteiger partial charge in [-0.3, -0.25) is 9.59 Å². The fourth-order valence-corrected chi connectivity index (χ4v) is 9.44. The first-order valence-electron chi connectivity index (χ1n) is 21.6. The van der Waals surface area contributed by atoms with Gasteiger partial charge in [0.1, 0.15) is 35.9 Å². The maximum Gasteiger partial charge on any atom is 0.316 e. The van der Waals surface area contributed by atoms with Crippen LogP contribution in [0, 0.1) is 29.6 Å². The number of aliphatic hydroxyl groups excluding tert-OH is 1. The third-order valence-electron chi connectivity index (χ3n) is 13.5. The van der Waals surface area contributed by atoms with Gasteiger partial charge in [-0.1, -0.05) is 84.4 Å². The Labute approximate surface area is 344 Å². The second kappa shape index (κ2) is 18.5. The Kier molecular flexibility index (Phi) is 14.3. The van der Waals surface area contributed by atoms with E-state index in [1.54, 1.807) is 26.2 Å². The summed E-state index contributed by atoms with van der Waals surface area (Å²) in [5, 5.41) is 23.6. The summed E-state index contributed by atoms with van der Waals surface area (Å²) >= 11 is 0. The zero-order valence-electron chi connectivity index (χ0n) is 36.1. The molecule has 6 aliphatic rings. The number of hydrogen-bond acceptors (Lipinski definition) is 12. The molecule has 5 heterocycles. The lowest BCUT2D eigenvalue weighted by molar-refractivity contribution is -0.300. The molecule has 1 spiro atoms. The van der Waals surface area contributed by atoms with Crippen molar-refractivity contribution in [2.45, 2.75) is 173 Å². The monoisotopic (exact) mass is 812 g/mol. The lowest BCUT2D eigenvalue weighted by Gasteiger charge is -2.48. The van der Waals surface area contributed by atoms with Gasteiger partial charge >= 0.3 is 11.9 Å². The molecule has 0 aromatic heterocycles. The van der Waals surface area contributed by atoms with Crippen LogP contribution >= 0.6 is 0 Å². The molecular formula is C46H68O12.